The monoisotopic (exact) mass is 322 g/mol. The Labute approximate surface area is 136 Å². The largest absolute Gasteiger partial charge is 0.478 e. The summed E-state index contributed by atoms with van der Waals surface area (Å²) in [5.41, 5.74) is 8.19. The first-order valence-corrected chi connectivity index (χ1v) is 7.11. The predicted octanol–water partition coefficient (Wildman–Crippen LogP) is 2.16. The Bertz CT molecular complexity index is 1020. The number of nitrogens with zero attached hydrogens (tertiary/aromatic N) is 2. The fourth-order valence-electron chi connectivity index (χ4n) is 2.34. The van der Waals surface area contributed by atoms with Gasteiger partial charge in [-0.05, 0) is 47.9 Å². The van der Waals surface area contributed by atoms with Crippen LogP contribution in [0.1, 0.15) is 28.4 Å². The van der Waals surface area contributed by atoms with Gasteiger partial charge in [0.25, 0.3) is 5.56 Å². The van der Waals surface area contributed by atoms with E-state index in [9.17, 15) is 9.59 Å². The van der Waals surface area contributed by atoms with E-state index in [1.54, 1.807) is 36.5 Å². The van der Waals surface area contributed by atoms with E-state index in [4.69, 9.17) is 10.8 Å². The molecule has 0 saturated carbocycles. The minimum atomic E-state index is -0.965. The number of aromatic carboxylic acids is 1. The van der Waals surface area contributed by atoms with Gasteiger partial charge in [-0.1, -0.05) is 12.1 Å². The molecule has 1 aromatic carbocycles. The molecule has 0 amide bonds. The SMILES string of the molecule is C/C(=C\c1cnc2nc(N)[nH]c(=O)c2c1)c1ccc(C(=O)O)cc1. The van der Waals surface area contributed by atoms with E-state index in [0.29, 0.717) is 5.39 Å². The number of H-pyrrole nitrogens is 1. The number of nitrogens with one attached hydrogen (secondary N) is 1. The number of carboxylic acids is 1. The fourth-order valence-corrected chi connectivity index (χ4v) is 2.34. The zero-order chi connectivity index (χ0) is 17.3. The van der Waals surface area contributed by atoms with Crippen LogP contribution in [0.25, 0.3) is 22.7 Å². The van der Waals surface area contributed by atoms with Gasteiger partial charge in [-0.15, -0.1) is 0 Å². The van der Waals surface area contributed by atoms with Gasteiger partial charge in [0.1, 0.15) is 0 Å². The highest BCUT2D eigenvalue weighted by molar-refractivity contribution is 5.89. The number of fused-ring (bicyclic) bond motifs is 1. The molecule has 120 valence electrons. The molecule has 0 aliphatic rings. The third kappa shape index (κ3) is 3.00. The van der Waals surface area contributed by atoms with Gasteiger partial charge in [0.05, 0.1) is 10.9 Å². The maximum atomic E-state index is 11.9. The summed E-state index contributed by atoms with van der Waals surface area (Å²) in [7, 11) is 0. The van der Waals surface area contributed by atoms with Crippen LogP contribution >= 0.6 is 0 Å². The van der Waals surface area contributed by atoms with Crippen LogP contribution in [0.2, 0.25) is 0 Å². The molecule has 3 rings (SSSR count). The standard InChI is InChI=1S/C17H14N4O3/c1-9(11-2-4-12(5-3-11)16(23)24)6-10-7-13-14(19-8-10)20-17(18)21-15(13)22/h2-8H,1H3,(H,23,24)(H3,18,19,20,21,22)/b9-6+. The number of nitrogen functional groups attached to an aromatic ring is 1. The Morgan fingerprint density at radius 1 is 1.25 bits per heavy atom. The lowest BCUT2D eigenvalue weighted by Gasteiger charge is -2.04. The fraction of sp³-hybridized carbons (Fsp3) is 0.0588. The number of rotatable bonds is 3. The highest BCUT2D eigenvalue weighted by Crippen LogP contribution is 2.19. The molecule has 0 saturated heterocycles. The van der Waals surface area contributed by atoms with Crippen molar-refractivity contribution >= 4 is 34.6 Å². The molecule has 0 radical (unpaired) electrons. The van der Waals surface area contributed by atoms with Gasteiger partial charge in [-0.25, -0.2) is 9.78 Å². The van der Waals surface area contributed by atoms with E-state index in [2.05, 4.69) is 15.0 Å². The quantitative estimate of drug-likeness (QED) is 0.679. The summed E-state index contributed by atoms with van der Waals surface area (Å²) in [5.74, 6) is -0.939. The lowest BCUT2D eigenvalue weighted by Crippen LogP contribution is -2.12. The Morgan fingerprint density at radius 3 is 2.58 bits per heavy atom. The van der Waals surface area contributed by atoms with Crippen molar-refractivity contribution in [2.75, 3.05) is 5.73 Å². The average Bonchev–Trinajstić information content (AvgIpc) is 2.55. The van der Waals surface area contributed by atoms with E-state index < -0.39 is 5.97 Å². The molecule has 7 heteroatoms. The van der Waals surface area contributed by atoms with Gasteiger partial charge in [0.15, 0.2) is 5.65 Å². The number of hydrogen-bond acceptors (Lipinski definition) is 5. The van der Waals surface area contributed by atoms with Crippen molar-refractivity contribution in [2.45, 2.75) is 6.92 Å². The maximum Gasteiger partial charge on any atom is 0.335 e. The van der Waals surface area contributed by atoms with Crippen molar-refractivity contribution in [1.82, 2.24) is 15.0 Å². The Morgan fingerprint density at radius 2 is 1.92 bits per heavy atom. The lowest BCUT2D eigenvalue weighted by molar-refractivity contribution is 0.0697. The van der Waals surface area contributed by atoms with Crippen molar-refractivity contribution in [3.63, 3.8) is 0 Å². The Kier molecular flexibility index (Phi) is 3.83. The van der Waals surface area contributed by atoms with Gasteiger partial charge in [-0.3, -0.25) is 9.78 Å². The van der Waals surface area contributed by atoms with Crippen LogP contribution < -0.4 is 11.3 Å². The van der Waals surface area contributed by atoms with Gasteiger partial charge < -0.3 is 10.8 Å². The van der Waals surface area contributed by atoms with Crippen molar-refractivity contribution < 1.29 is 9.90 Å². The second kappa shape index (κ2) is 5.96. The van der Waals surface area contributed by atoms with Crippen LogP contribution in [0.15, 0.2) is 41.3 Å². The summed E-state index contributed by atoms with van der Waals surface area (Å²) in [6.45, 7) is 1.89. The first kappa shape index (κ1) is 15.4. The van der Waals surface area contributed by atoms with Crippen LogP contribution in [0.4, 0.5) is 5.95 Å². The number of hydrogen-bond donors (Lipinski definition) is 3. The molecule has 2 heterocycles. The maximum absolute atomic E-state index is 11.9. The van der Waals surface area contributed by atoms with Crippen LogP contribution in [0, 0.1) is 0 Å². The molecule has 24 heavy (non-hydrogen) atoms. The molecular formula is C17H14N4O3. The number of carbonyl (C=O) groups is 1. The summed E-state index contributed by atoms with van der Waals surface area (Å²) in [5, 5.41) is 9.28. The first-order chi connectivity index (χ1) is 11.4. The number of anilines is 1. The van der Waals surface area contributed by atoms with Crippen LogP contribution in [-0.4, -0.2) is 26.0 Å². The lowest BCUT2D eigenvalue weighted by atomic mass is 10.0. The van der Waals surface area contributed by atoms with Gasteiger partial charge in [0, 0.05) is 6.20 Å². The molecular weight excluding hydrogens is 308 g/mol. The average molecular weight is 322 g/mol. The number of allylic oxidation sites excluding steroid dienone is 1. The topological polar surface area (TPSA) is 122 Å². The summed E-state index contributed by atoms with van der Waals surface area (Å²) in [4.78, 5) is 33.4. The van der Waals surface area contributed by atoms with E-state index >= 15 is 0 Å². The highest BCUT2D eigenvalue weighted by atomic mass is 16.4. The van der Waals surface area contributed by atoms with E-state index in [0.717, 1.165) is 16.7 Å². The Hall–Kier alpha value is -3.48. The van der Waals surface area contributed by atoms with Gasteiger partial charge in [-0.2, -0.15) is 4.98 Å². The van der Waals surface area contributed by atoms with Crippen molar-refractivity contribution in [1.29, 1.82) is 0 Å². The molecule has 0 aliphatic carbocycles. The number of aromatic amines is 1. The molecule has 2 aromatic heterocycles. The van der Waals surface area contributed by atoms with E-state index in [1.807, 2.05) is 13.0 Å². The number of pyridine rings is 1. The second-order valence-corrected chi connectivity index (χ2v) is 5.30. The molecule has 0 unspecified atom stereocenters. The molecule has 3 aromatic rings. The summed E-state index contributed by atoms with van der Waals surface area (Å²) in [6.07, 6.45) is 3.46. The summed E-state index contributed by atoms with van der Waals surface area (Å²) < 4.78 is 0. The van der Waals surface area contributed by atoms with Crippen LogP contribution in [-0.2, 0) is 0 Å². The number of aromatic nitrogens is 3. The Balaban J connectivity index is 1.99. The van der Waals surface area contributed by atoms with E-state index in [-0.39, 0.29) is 22.7 Å². The first-order valence-electron chi connectivity index (χ1n) is 7.11. The summed E-state index contributed by atoms with van der Waals surface area (Å²) >= 11 is 0. The molecule has 0 bridgehead atoms. The number of carboxylic acid groups (broad SMARTS) is 1. The van der Waals surface area contributed by atoms with Crippen LogP contribution in [0.3, 0.4) is 0 Å². The summed E-state index contributed by atoms with van der Waals surface area (Å²) in [6, 6.07) is 8.25. The molecule has 7 nitrogen and oxygen atoms in total. The van der Waals surface area contributed by atoms with Gasteiger partial charge >= 0.3 is 5.97 Å². The third-order valence-corrected chi connectivity index (χ3v) is 3.57. The second-order valence-electron chi connectivity index (χ2n) is 5.30. The minimum Gasteiger partial charge on any atom is -0.478 e. The highest BCUT2D eigenvalue weighted by Gasteiger charge is 2.06. The molecule has 0 aliphatic heterocycles. The zero-order valence-electron chi connectivity index (χ0n) is 12.8. The molecule has 0 spiro atoms. The smallest absolute Gasteiger partial charge is 0.335 e. The van der Waals surface area contributed by atoms with Crippen molar-refractivity contribution in [3.05, 3.63) is 63.6 Å². The number of benzene rings is 1. The molecule has 4 N–H and O–H groups in total. The van der Waals surface area contributed by atoms with Crippen LogP contribution in [0.5, 0.6) is 0 Å². The third-order valence-electron chi connectivity index (χ3n) is 3.57. The van der Waals surface area contributed by atoms with Crippen molar-refractivity contribution in [2.24, 2.45) is 0 Å². The van der Waals surface area contributed by atoms with Gasteiger partial charge in [0.2, 0.25) is 5.95 Å². The number of nitrogens with two attached hydrogens (primary N) is 1. The molecule has 0 atom stereocenters. The molecule has 0 fully saturated rings. The minimum absolute atomic E-state index is 0.0259. The normalized spacial score (nSPS) is 11.6. The van der Waals surface area contributed by atoms with E-state index in [1.165, 1.54) is 0 Å². The van der Waals surface area contributed by atoms with Crippen molar-refractivity contribution in [3.8, 4) is 0 Å². The zero-order valence-corrected chi connectivity index (χ0v) is 12.8. The predicted molar refractivity (Wildman–Crippen MR) is 91.5 cm³/mol.